The van der Waals surface area contributed by atoms with E-state index in [1.165, 1.54) is 4.31 Å². The predicted octanol–water partition coefficient (Wildman–Crippen LogP) is 3.92. The van der Waals surface area contributed by atoms with Gasteiger partial charge in [-0.1, -0.05) is 47.1 Å². The highest BCUT2D eigenvalue weighted by atomic mass is 32.2. The molecule has 1 atom stereocenters. The molecule has 0 aliphatic carbocycles. The first-order valence-electron chi connectivity index (χ1n) is 9.41. The molecule has 2 heterocycles. The fourth-order valence-corrected chi connectivity index (χ4v) is 5.08. The summed E-state index contributed by atoms with van der Waals surface area (Å²) in [6, 6.07) is 14.8. The zero-order chi connectivity index (χ0) is 19.7. The monoisotopic (exact) mass is 397 g/mol. The third-order valence-electron chi connectivity index (χ3n) is 5.22. The predicted molar refractivity (Wildman–Crippen MR) is 106 cm³/mol. The highest BCUT2D eigenvalue weighted by Gasteiger charge is 2.33. The number of aryl methyl sites for hydroxylation is 2. The SMILES string of the molecule is Cc1ccc(S(=O)(=O)N2CCC[C@H](c3nc(-c4ccccc4C)no3)C2)cc1. The lowest BCUT2D eigenvalue weighted by Crippen LogP contribution is -2.39. The van der Waals surface area contributed by atoms with E-state index in [1.807, 2.05) is 50.2 Å². The number of aromatic nitrogens is 2. The second-order valence-corrected chi connectivity index (χ2v) is 9.22. The molecular weight excluding hydrogens is 374 g/mol. The van der Waals surface area contributed by atoms with Crippen molar-refractivity contribution in [3.05, 3.63) is 65.5 Å². The second-order valence-electron chi connectivity index (χ2n) is 7.29. The normalized spacial score (nSPS) is 18.3. The Kier molecular flexibility index (Phi) is 5.03. The van der Waals surface area contributed by atoms with E-state index in [4.69, 9.17) is 4.52 Å². The number of sulfonamides is 1. The molecule has 0 N–H and O–H groups in total. The Morgan fingerprint density at radius 1 is 1.07 bits per heavy atom. The lowest BCUT2D eigenvalue weighted by atomic mass is 10.00. The topological polar surface area (TPSA) is 76.3 Å². The van der Waals surface area contributed by atoms with Gasteiger partial charge in [-0.15, -0.1) is 0 Å². The molecule has 1 aromatic heterocycles. The molecule has 7 heteroatoms. The summed E-state index contributed by atoms with van der Waals surface area (Å²) in [6.07, 6.45) is 1.59. The summed E-state index contributed by atoms with van der Waals surface area (Å²) in [7, 11) is -3.53. The van der Waals surface area contributed by atoms with E-state index >= 15 is 0 Å². The molecular formula is C21H23N3O3S. The number of hydrogen-bond donors (Lipinski definition) is 0. The maximum Gasteiger partial charge on any atom is 0.243 e. The number of piperidine rings is 1. The van der Waals surface area contributed by atoms with Gasteiger partial charge in [-0.05, 0) is 44.4 Å². The van der Waals surface area contributed by atoms with Crippen molar-refractivity contribution in [3.8, 4) is 11.4 Å². The van der Waals surface area contributed by atoms with Gasteiger partial charge in [-0.3, -0.25) is 0 Å². The van der Waals surface area contributed by atoms with Crippen LogP contribution in [0.15, 0.2) is 57.9 Å². The van der Waals surface area contributed by atoms with Gasteiger partial charge in [-0.2, -0.15) is 9.29 Å². The first kappa shape index (κ1) is 18.8. The van der Waals surface area contributed by atoms with Crippen molar-refractivity contribution < 1.29 is 12.9 Å². The van der Waals surface area contributed by atoms with Crippen molar-refractivity contribution in [2.24, 2.45) is 0 Å². The smallest absolute Gasteiger partial charge is 0.243 e. The highest BCUT2D eigenvalue weighted by Crippen LogP contribution is 2.31. The van der Waals surface area contributed by atoms with Crippen LogP contribution in [0.3, 0.4) is 0 Å². The Balaban J connectivity index is 1.56. The summed E-state index contributed by atoms with van der Waals surface area (Å²) in [5, 5.41) is 4.12. The molecule has 0 spiro atoms. The minimum atomic E-state index is -3.53. The van der Waals surface area contributed by atoms with Gasteiger partial charge in [0.1, 0.15) is 0 Å². The van der Waals surface area contributed by atoms with Gasteiger partial charge in [0.2, 0.25) is 21.7 Å². The zero-order valence-corrected chi connectivity index (χ0v) is 16.8. The zero-order valence-electron chi connectivity index (χ0n) is 16.0. The lowest BCUT2D eigenvalue weighted by Gasteiger charge is -2.30. The van der Waals surface area contributed by atoms with Crippen LogP contribution in [0, 0.1) is 13.8 Å². The standard InChI is InChI=1S/C21H23N3O3S/c1-15-9-11-18(12-10-15)28(25,26)24-13-5-7-17(14-24)21-22-20(23-27-21)19-8-4-3-6-16(19)2/h3-4,6,8-12,17H,5,7,13-14H2,1-2H3/t17-/m0/s1. The van der Waals surface area contributed by atoms with Crippen LogP contribution in [-0.2, 0) is 10.0 Å². The van der Waals surface area contributed by atoms with Gasteiger partial charge < -0.3 is 4.52 Å². The fourth-order valence-electron chi connectivity index (χ4n) is 3.56. The Morgan fingerprint density at radius 2 is 1.82 bits per heavy atom. The summed E-state index contributed by atoms with van der Waals surface area (Å²) >= 11 is 0. The van der Waals surface area contributed by atoms with E-state index in [1.54, 1.807) is 12.1 Å². The molecule has 2 aromatic carbocycles. The average molecular weight is 398 g/mol. The molecule has 28 heavy (non-hydrogen) atoms. The number of rotatable bonds is 4. The molecule has 3 aromatic rings. The Hall–Kier alpha value is -2.51. The number of nitrogens with zero attached hydrogens (tertiary/aromatic N) is 3. The number of hydrogen-bond acceptors (Lipinski definition) is 5. The van der Waals surface area contributed by atoms with Crippen LogP contribution in [0.2, 0.25) is 0 Å². The molecule has 1 aliphatic rings. The fraction of sp³-hybridized carbons (Fsp3) is 0.333. The largest absolute Gasteiger partial charge is 0.339 e. The Labute approximate surface area is 165 Å². The minimum absolute atomic E-state index is 0.0979. The van der Waals surface area contributed by atoms with Crippen molar-refractivity contribution in [2.45, 2.75) is 37.5 Å². The summed E-state index contributed by atoms with van der Waals surface area (Å²) in [6.45, 7) is 4.80. The van der Waals surface area contributed by atoms with E-state index in [2.05, 4.69) is 10.1 Å². The summed E-state index contributed by atoms with van der Waals surface area (Å²) in [5.41, 5.74) is 3.03. The lowest BCUT2D eigenvalue weighted by molar-refractivity contribution is 0.265. The van der Waals surface area contributed by atoms with Gasteiger partial charge in [0.25, 0.3) is 0 Å². The van der Waals surface area contributed by atoms with Crippen LogP contribution >= 0.6 is 0 Å². The molecule has 4 rings (SSSR count). The van der Waals surface area contributed by atoms with Crippen LogP contribution in [-0.4, -0.2) is 36.0 Å². The molecule has 0 amide bonds. The van der Waals surface area contributed by atoms with Crippen molar-refractivity contribution in [2.75, 3.05) is 13.1 Å². The van der Waals surface area contributed by atoms with E-state index < -0.39 is 10.0 Å². The van der Waals surface area contributed by atoms with Crippen LogP contribution < -0.4 is 0 Å². The van der Waals surface area contributed by atoms with Crippen molar-refractivity contribution in [1.82, 2.24) is 14.4 Å². The molecule has 1 saturated heterocycles. The van der Waals surface area contributed by atoms with Crippen LogP contribution in [0.4, 0.5) is 0 Å². The first-order chi connectivity index (χ1) is 13.4. The second kappa shape index (κ2) is 7.48. The van der Waals surface area contributed by atoms with Crippen LogP contribution in [0.5, 0.6) is 0 Å². The molecule has 0 bridgehead atoms. The first-order valence-corrected chi connectivity index (χ1v) is 10.9. The van der Waals surface area contributed by atoms with E-state index in [9.17, 15) is 8.42 Å². The highest BCUT2D eigenvalue weighted by molar-refractivity contribution is 7.89. The molecule has 146 valence electrons. The molecule has 0 saturated carbocycles. The molecule has 1 aliphatic heterocycles. The van der Waals surface area contributed by atoms with Crippen molar-refractivity contribution in [1.29, 1.82) is 0 Å². The third-order valence-corrected chi connectivity index (χ3v) is 7.10. The summed E-state index contributed by atoms with van der Waals surface area (Å²) in [5.74, 6) is 0.952. The average Bonchev–Trinajstić information content (AvgIpc) is 3.19. The van der Waals surface area contributed by atoms with E-state index in [-0.39, 0.29) is 5.92 Å². The maximum atomic E-state index is 13.0. The van der Waals surface area contributed by atoms with E-state index in [0.717, 1.165) is 29.5 Å². The summed E-state index contributed by atoms with van der Waals surface area (Å²) in [4.78, 5) is 4.89. The maximum absolute atomic E-state index is 13.0. The van der Waals surface area contributed by atoms with Crippen LogP contribution in [0.1, 0.15) is 35.8 Å². The number of benzene rings is 2. The molecule has 0 unspecified atom stereocenters. The molecule has 0 radical (unpaired) electrons. The quantitative estimate of drug-likeness (QED) is 0.667. The van der Waals surface area contributed by atoms with Crippen molar-refractivity contribution >= 4 is 10.0 Å². The Bertz CT molecular complexity index is 1070. The third kappa shape index (κ3) is 3.59. The van der Waals surface area contributed by atoms with E-state index in [0.29, 0.717) is 29.7 Å². The minimum Gasteiger partial charge on any atom is -0.339 e. The summed E-state index contributed by atoms with van der Waals surface area (Å²) < 4.78 is 33.1. The van der Waals surface area contributed by atoms with Gasteiger partial charge in [0.05, 0.1) is 10.8 Å². The van der Waals surface area contributed by atoms with Gasteiger partial charge in [-0.25, -0.2) is 8.42 Å². The van der Waals surface area contributed by atoms with Crippen LogP contribution in [0.25, 0.3) is 11.4 Å². The van der Waals surface area contributed by atoms with Crippen molar-refractivity contribution in [3.63, 3.8) is 0 Å². The molecule has 6 nitrogen and oxygen atoms in total. The Morgan fingerprint density at radius 3 is 2.57 bits per heavy atom. The van der Waals surface area contributed by atoms with Gasteiger partial charge >= 0.3 is 0 Å². The van der Waals surface area contributed by atoms with Gasteiger partial charge in [0, 0.05) is 18.7 Å². The molecule has 1 fully saturated rings. The van der Waals surface area contributed by atoms with Gasteiger partial charge in [0.15, 0.2) is 0 Å².